The van der Waals surface area contributed by atoms with E-state index in [9.17, 15) is 13.2 Å². The van der Waals surface area contributed by atoms with Crippen molar-refractivity contribution in [1.29, 1.82) is 0 Å². The lowest BCUT2D eigenvalue weighted by Gasteiger charge is -2.24. The lowest BCUT2D eigenvalue weighted by Crippen LogP contribution is -2.40. The summed E-state index contributed by atoms with van der Waals surface area (Å²) in [5.74, 6) is -0.321. The van der Waals surface area contributed by atoms with Crippen molar-refractivity contribution in [3.05, 3.63) is 65.2 Å². The SMILES string of the molecule is CN(C(=O)CN(Cc1ccccc1Cl)S(C)(=O)=O)c1ccccc1. The molecule has 0 saturated heterocycles. The Morgan fingerprint density at radius 2 is 1.62 bits per heavy atom. The van der Waals surface area contributed by atoms with Gasteiger partial charge in [-0.1, -0.05) is 48.0 Å². The summed E-state index contributed by atoms with van der Waals surface area (Å²) < 4.78 is 25.2. The normalized spacial score (nSPS) is 11.5. The number of nitrogens with zero attached hydrogens (tertiary/aromatic N) is 2. The monoisotopic (exact) mass is 366 g/mol. The van der Waals surface area contributed by atoms with E-state index in [0.29, 0.717) is 16.3 Å². The molecule has 128 valence electrons. The summed E-state index contributed by atoms with van der Waals surface area (Å²) in [5.41, 5.74) is 1.36. The van der Waals surface area contributed by atoms with Crippen LogP contribution in [0.1, 0.15) is 5.56 Å². The first kappa shape index (κ1) is 18.4. The minimum absolute atomic E-state index is 0.0485. The first-order valence-corrected chi connectivity index (χ1v) is 9.52. The zero-order chi connectivity index (χ0) is 17.7. The van der Waals surface area contributed by atoms with Gasteiger partial charge in [0, 0.05) is 24.3 Å². The third-order valence-electron chi connectivity index (χ3n) is 3.60. The van der Waals surface area contributed by atoms with Gasteiger partial charge in [0.1, 0.15) is 0 Å². The fraction of sp³-hybridized carbons (Fsp3) is 0.235. The molecule has 0 fully saturated rings. The summed E-state index contributed by atoms with van der Waals surface area (Å²) in [7, 11) is -1.94. The van der Waals surface area contributed by atoms with Crippen molar-refractivity contribution in [1.82, 2.24) is 4.31 Å². The Morgan fingerprint density at radius 1 is 1.04 bits per heavy atom. The molecule has 0 aliphatic heterocycles. The number of halogens is 1. The van der Waals surface area contributed by atoms with Crippen LogP contribution < -0.4 is 4.90 Å². The number of anilines is 1. The summed E-state index contributed by atoms with van der Waals surface area (Å²) in [6.45, 7) is -0.206. The lowest BCUT2D eigenvalue weighted by molar-refractivity contribution is -0.118. The van der Waals surface area contributed by atoms with E-state index in [4.69, 9.17) is 11.6 Å². The molecule has 0 aliphatic carbocycles. The number of carbonyl (C=O) groups excluding carboxylic acids is 1. The van der Waals surface area contributed by atoms with E-state index < -0.39 is 10.0 Å². The predicted molar refractivity (Wildman–Crippen MR) is 96.6 cm³/mol. The number of carbonyl (C=O) groups is 1. The summed E-state index contributed by atoms with van der Waals surface area (Å²) >= 11 is 6.10. The number of hydrogen-bond donors (Lipinski definition) is 0. The quantitative estimate of drug-likeness (QED) is 0.789. The van der Waals surface area contributed by atoms with Crippen molar-refractivity contribution < 1.29 is 13.2 Å². The fourth-order valence-corrected chi connectivity index (χ4v) is 3.07. The molecule has 0 unspecified atom stereocenters. The van der Waals surface area contributed by atoms with Crippen molar-refractivity contribution in [2.24, 2.45) is 0 Å². The van der Waals surface area contributed by atoms with Crippen molar-refractivity contribution in [2.75, 3.05) is 24.7 Å². The van der Waals surface area contributed by atoms with E-state index in [1.807, 2.05) is 18.2 Å². The molecule has 1 amide bonds. The van der Waals surface area contributed by atoms with E-state index in [0.717, 1.165) is 10.6 Å². The number of sulfonamides is 1. The highest BCUT2D eigenvalue weighted by atomic mass is 35.5. The highest BCUT2D eigenvalue weighted by molar-refractivity contribution is 7.88. The molecular formula is C17H19ClN2O3S. The van der Waals surface area contributed by atoms with Gasteiger partial charge in [0.25, 0.3) is 0 Å². The van der Waals surface area contributed by atoms with E-state index in [-0.39, 0.29) is 19.0 Å². The van der Waals surface area contributed by atoms with Crippen LogP contribution in [0.2, 0.25) is 5.02 Å². The Morgan fingerprint density at radius 3 is 2.21 bits per heavy atom. The third-order valence-corrected chi connectivity index (χ3v) is 5.17. The molecule has 0 radical (unpaired) electrons. The van der Waals surface area contributed by atoms with Gasteiger partial charge in [0.15, 0.2) is 0 Å². The third kappa shape index (κ3) is 4.80. The topological polar surface area (TPSA) is 57.7 Å². The number of rotatable bonds is 6. The molecule has 2 aromatic rings. The number of likely N-dealkylation sites (N-methyl/N-ethyl adjacent to an activating group) is 1. The molecule has 7 heteroatoms. The Kier molecular flexibility index (Phi) is 5.99. The molecule has 24 heavy (non-hydrogen) atoms. The largest absolute Gasteiger partial charge is 0.314 e. The summed E-state index contributed by atoms with van der Waals surface area (Å²) in [6, 6.07) is 16.0. The maximum absolute atomic E-state index is 12.5. The smallest absolute Gasteiger partial charge is 0.242 e. The van der Waals surface area contributed by atoms with Crippen LogP contribution in [0.5, 0.6) is 0 Å². The van der Waals surface area contributed by atoms with Gasteiger partial charge in [-0.2, -0.15) is 4.31 Å². The number of hydrogen-bond acceptors (Lipinski definition) is 3. The van der Waals surface area contributed by atoms with Gasteiger partial charge >= 0.3 is 0 Å². The van der Waals surface area contributed by atoms with Crippen LogP contribution >= 0.6 is 11.6 Å². The second kappa shape index (κ2) is 7.79. The van der Waals surface area contributed by atoms with Gasteiger partial charge in [0.2, 0.25) is 15.9 Å². The first-order valence-electron chi connectivity index (χ1n) is 7.29. The number of para-hydroxylation sites is 1. The average Bonchev–Trinajstić information content (AvgIpc) is 2.55. The summed E-state index contributed by atoms with van der Waals surface area (Å²) in [6.07, 6.45) is 1.08. The lowest BCUT2D eigenvalue weighted by atomic mass is 10.2. The van der Waals surface area contributed by atoms with Crippen LogP contribution in [0.25, 0.3) is 0 Å². The van der Waals surface area contributed by atoms with Crippen molar-refractivity contribution in [2.45, 2.75) is 6.54 Å². The van der Waals surface area contributed by atoms with Crippen molar-refractivity contribution >= 4 is 33.2 Å². The molecule has 0 heterocycles. The first-order chi connectivity index (χ1) is 11.3. The Bertz CT molecular complexity index is 810. The fourth-order valence-electron chi connectivity index (χ4n) is 2.16. The zero-order valence-corrected chi connectivity index (χ0v) is 15.1. The molecular weight excluding hydrogens is 348 g/mol. The highest BCUT2D eigenvalue weighted by Crippen LogP contribution is 2.19. The van der Waals surface area contributed by atoms with Crippen LogP contribution in [-0.4, -0.2) is 38.5 Å². The second-order valence-electron chi connectivity index (χ2n) is 5.41. The Labute approximate surface area is 147 Å². The predicted octanol–water partition coefficient (Wildman–Crippen LogP) is 2.76. The zero-order valence-electron chi connectivity index (χ0n) is 13.5. The Hall–Kier alpha value is -1.89. The highest BCUT2D eigenvalue weighted by Gasteiger charge is 2.23. The summed E-state index contributed by atoms with van der Waals surface area (Å²) in [4.78, 5) is 13.9. The number of amides is 1. The standard InChI is InChI=1S/C17H19ClN2O3S/c1-19(15-9-4-3-5-10-15)17(21)13-20(24(2,22)23)12-14-8-6-7-11-16(14)18/h3-11H,12-13H2,1-2H3. The van der Waals surface area contributed by atoms with Crippen LogP contribution in [-0.2, 0) is 21.4 Å². The molecule has 0 aliphatic rings. The van der Waals surface area contributed by atoms with E-state index in [1.165, 1.54) is 4.90 Å². The van der Waals surface area contributed by atoms with Gasteiger partial charge in [-0.25, -0.2) is 8.42 Å². The van der Waals surface area contributed by atoms with Gasteiger partial charge in [-0.15, -0.1) is 0 Å². The van der Waals surface area contributed by atoms with Gasteiger partial charge in [-0.05, 0) is 23.8 Å². The van der Waals surface area contributed by atoms with Crippen molar-refractivity contribution in [3.63, 3.8) is 0 Å². The van der Waals surface area contributed by atoms with E-state index in [2.05, 4.69) is 0 Å². The second-order valence-corrected chi connectivity index (χ2v) is 7.80. The molecule has 0 atom stereocenters. The van der Waals surface area contributed by atoms with Crippen LogP contribution in [0.4, 0.5) is 5.69 Å². The van der Waals surface area contributed by atoms with Gasteiger partial charge in [0.05, 0.1) is 12.8 Å². The van der Waals surface area contributed by atoms with Crippen molar-refractivity contribution in [3.8, 4) is 0 Å². The maximum atomic E-state index is 12.5. The summed E-state index contributed by atoms with van der Waals surface area (Å²) in [5, 5.41) is 0.468. The van der Waals surface area contributed by atoms with Gasteiger partial charge < -0.3 is 4.90 Å². The molecule has 2 rings (SSSR count). The van der Waals surface area contributed by atoms with Crippen LogP contribution in [0.15, 0.2) is 54.6 Å². The van der Waals surface area contributed by atoms with E-state index >= 15 is 0 Å². The number of benzene rings is 2. The molecule has 0 N–H and O–H groups in total. The maximum Gasteiger partial charge on any atom is 0.242 e. The minimum Gasteiger partial charge on any atom is -0.314 e. The minimum atomic E-state index is -3.56. The average molecular weight is 367 g/mol. The van der Waals surface area contributed by atoms with E-state index in [1.54, 1.807) is 43.4 Å². The molecule has 5 nitrogen and oxygen atoms in total. The molecule has 0 aromatic heterocycles. The molecule has 0 bridgehead atoms. The molecule has 2 aromatic carbocycles. The van der Waals surface area contributed by atoms with Crippen LogP contribution in [0.3, 0.4) is 0 Å². The van der Waals surface area contributed by atoms with Crippen LogP contribution in [0, 0.1) is 0 Å². The Balaban J connectivity index is 2.18. The van der Waals surface area contributed by atoms with Gasteiger partial charge in [-0.3, -0.25) is 4.79 Å². The molecule has 0 spiro atoms. The molecule has 0 saturated carbocycles.